The van der Waals surface area contributed by atoms with Gasteiger partial charge in [-0.3, -0.25) is 0 Å². The Bertz CT molecular complexity index is 742. The molecule has 3 heterocycles. The fraction of sp³-hybridized carbons (Fsp3) is 0.562. The summed E-state index contributed by atoms with van der Waals surface area (Å²) in [6, 6.07) is 2.46. The zero-order valence-corrected chi connectivity index (χ0v) is 15.0. The summed E-state index contributed by atoms with van der Waals surface area (Å²) < 4.78 is 11.5. The average Bonchev–Trinajstić information content (AvgIpc) is 3.16. The first-order valence-corrected chi connectivity index (χ1v) is 9.65. The Kier molecular flexibility index (Phi) is 4.87. The summed E-state index contributed by atoms with van der Waals surface area (Å²) >= 11 is 3.14. The molecule has 0 bridgehead atoms. The maximum atomic E-state index is 10.0. The summed E-state index contributed by atoms with van der Waals surface area (Å²) in [4.78, 5) is 9.66. The molecular weight excluding hydrogens is 330 g/mol. The number of fused-ring (bicyclic) bond motifs is 1. The van der Waals surface area contributed by atoms with E-state index in [0.717, 1.165) is 33.6 Å². The lowest BCUT2D eigenvalue weighted by Gasteiger charge is -2.26. The van der Waals surface area contributed by atoms with Crippen molar-refractivity contribution < 1.29 is 9.47 Å². The van der Waals surface area contributed by atoms with Gasteiger partial charge in [0.15, 0.2) is 5.60 Å². The maximum Gasteiger partial charge on any atom is 0.194 e. The topological polar surface area (TPSA) is 68.0 Å². The van der Waals surface area contributed by atoms with E-state index >= 15 is 0 Å². The summed E-state index contributed by atoms with van der Waals surface area (Å²) in [6.07, 6.45) is 5.22. The Labute approximate surface area is 144 Å². The van der Waals surface area contributed by atoms with E-state index in [2.05, 4.69) is 23.0 Å². The van der Waals surface area contributed by atoms with Crippen molar-refractivity contribution >= 4 is 34.0 Å². The van der Waals surface area contributed by atoms with Gasteiger partial charge in [0, 0.05) is 23.8 Å². The molecule has 0 amide bonds. The molecule has 122 valence electrons. The van der Waals surface area contributed by atoms with Gasteiger partial charge in [-0.05, 0) is 19.1 Å². The smallest absolute Gasteiger partial charge is 0.194 e. The normalized spacial score (nSPS) is 27.4. The lowest BCUT2D eigenvalue weighted by Crippen LogP contribution is -2.30. The van der Waals surface area contributed by atoms with Crippen LogP contribution in [0.3, 0.4) is 0 Å². The number of hydrogen-bond donors (Lipinski definition) is 0. The Hall–Kier alpha value is -1.20. The van der Waals surface area contributed by atoms with Crippen LogP contribution in [0.5, 0.6) is 0 Å². The Morgan fingerprint density at radius 3 is 3.04 bits per heavy atom. The van der Waals surface area contributed by atoms with Crippen LogP contribution in [0.4, 0.5) is 0 Å². The minimum Gasteiger partial charge on any atom is -0.382 e. The van der Waals surface area contributed by atoms with Crippen LogP contribution in [-0.2, 0) is 15.1 Å². The molecular formula is C16H19N3O2S2. The number of thioether (sulfide) groups is 1. The van der Waals surface area contributed by atoms with Crippen LogP contribution in [0.25, 0.3) is 10.9 Å². The second-order valence-electron chi connectivity index (χ2n) is 5.59. The van der Waals surface area contributed by atoms with Crippen molar-refractivity contribution in [3.8, 4) is 6.07 Å². The van der Waals surface area contributed by atoms with Crippen LogP contribution in [0.1, 0.15) is 24.6 Å². The molecule has 3 rings (SSSR count). The first kappa shape index (κ1) is 16.7. The molecule has 5 nitrogen and oxygen atoms in total. The van der Waals surface area contributed by atoms with E-state index in [9.17, 15) is 5.26 Å². The van der Waals surface area contributed by atoms with Crippen molar-refractivity contribution in [1.82, 2.24) is 9.97 Å². The summed E-state index contributed by atoms with van der Waals surface area (Å²) in [5.74, 6) is 0.141. The quantitative estimate of drug-likeness (QED) is 0.607. The van der Waals surface area contributed by atoms with E-state index in [1.165, 1.54) is 0 Å². The molecule has 3 unspecified atom stereocenters. The predicted octanol–water partition coefficient (Wildman–Crippen LogP) is 3.59. The van der Waals surface area contributed by atoms with Crippen molar-refractivity contribution in [2.24, 2.45) is 5.92 Å². The third-order valence-electron chi connectivity index (χ3n) is 4.37. The fourth-order valence-electron chi connectivity index (χ4n) is 3.31. The van der Waals surface area contributed by atoms with Crippen LogP contribution in [0, 0.1) is 17.2 Å². The van der Waals surface area contributed by atoms with Crippen molar-refractivity contribution in [2.45, 2.75) is 36.5 Å². The van der Waals surface area contributed by atoms with Gasteiger partial charge in [0.2, 0.25) is 0 Å². The molecule has 23 heavy (non-hydrogen) atoms. The number of nitriles is 1. The van der Waals surface area contributed by atoms with E-state index in [1.54, 1.807) is 36.5 Å². The van der Waals surface area contributed by atoms with Gasteiger partial charge in [0.05, 0.1) is 23.1 Å². The number of hydrogen-bond acceptors (Lipinski definition) is 7. The molecule has 7 heteroatoms. The van der Waals surface area contributed by atoms with Gasteiger partial charge in [0.1, 0.15) is 17.4 Å². The van der Waals surface area contributed by atoms with E-state index in [1.807, 2.05) is 11.6 Å². The fourth-order valence-corrected chi connectivity index (χ4v) is 5.08. The number of ether oxygens (including phenoxy) is 2. The van der Waals surface area contributed by atoms with Gasteiger partial charge < -0.3 is 9.47 Å². The molecule has 1 aliphatic heterocycles. The first-order chi connectivity index (χ1) is 11.2. The van der Waals surface area contributed by atoms with Gasteiger partial charge >= 0.3 is 0 Å². The Balaban J connectivity index is 2.12. The van der Waals surface area contributed by atoms with E-state index in [0.29, 0.717) is 6.61 Å². The minimum atomic E-state index is -0.936. The molecule has 1 saturated heterocycles. The highest BCUT2D eigenvalue weighted by Gasteiger charge is 2.51. The van der Waals surface area contributed by atoms with Gasteiger partial charge in [-0.1, -0.05) is 6.92 Å². The first-order valence-electron chi connectivity index (χ1n) is 7.54. The van der Waals surface area contributed by atoms with Crippen LogP contribution >= 0.6 is 23.1 Å². The molecule has 3 atom stereocenters. The molecule has 0 aliphatic carbocycles. The summed E-state index contributed by atoms with van der Waals surface area (Å²) in [7, 11) is 1.66. The lowest BCUT2D eigenvalue weighted by atomic mass is 9.84. The maximum absolute atomic E-state index is 10.0. The average molecular weight is 349 g/mol. The minimum absolute atomic E-state index is 0.0522. The van der Waals surface area contributed by atoms with Gasteiger partial charge in [-0.2, -0.15) is 5.26 Å². The van der Waals surface area contributed by atoms with Crippen LogP contribution < -0.4 is 0 Å². The number of methoxy groups -OCH3 is 1. The van der Waals surface area contributed by atoms with Gasteiger partial charge in [-0.15, -0.1) is 23.1 Å². The summed E-state index contributed by atoms with van der Waals surface area (Å²) in [6.45, 7) is 2.61. The molecule has 0 N–H and O–H groups in total. The molecule has 0 radical (unpaired) electrons. The molecule has 1 aliphatic rings. The third-order valence-corrected chi connectivity index (χ3v) is 6.17. The van der Waals surface area contributed by atoms with Gasteiger partial charge in [0.25, 0.3) is 0 Å². The van der Waals surface area contributed by atoms with Crippen molar-refractivity contribution in [3.05, 3.63) is 16.6 Å². The van der Waals surface area contributed by atoms with Crippen molar-refractivity contribution in [1.29, 1.82) is 5.26 Å². The monoisotopic (exact) mass is 349 g/mol. The SMILES string of the molecule is CCC1CC(COC)OC1(C#N)c1scc2c(SC)ncnc12. The van der Waals surface area contributed by atoms with Crippen LogP contribution in [-0.4, -0.2) is 36.0 Å². The van der Waals surface area contributed by atoms with Gasteiger partial charge in [-0.25, -0.2) is 9.97 Å². The summed E-state index contributed by atoms with van der Waals surface area (Å²) in [5, 5.41) is 14.0. The number of aromatic nitrogens is 2. The highest BCUT2D eigenvalue weighted by atomic mass is 32.2. The van der Waals surface area contributed by atoms with E-state index in [4.69, 9.17) is 9.47 Å². The molecule has 2 aromatic heterocycles. The second-order valence-corrected chi connectivity index (χ2v) is 7.27. The van der Waals surface area contributed by atoms with Crippen LogP contribution in [0.15, 0.2) is 16.7 Å². The number of nitrogens with zero attached hydrogens (tertiary/aromatic N) is 3. The summed E-state index contributed by atoms with van der Waals surface area (Å²) in [5.41, 5.74) is -0.0959. The number of rotatable bonds is 5. The lowest BCUT2D eigenvalue weighted by molar-refractivity contribution is -0.0461. The molecule has 2 aromatic rings. The van der Waals surface area contributed by atoms with Crippen molar-refractivity contribution in [3.63, 3.8) is 0 Å². The molecule has 1 fully saturated rings. The zero-order chi connectivity index (χ0) is 16.4. The largest absolute Gasteiger partial charge is 0.382 e. The van der Waals surface area contributed by atoms with Crippen molar-refractivity contribution in [2.75, 3.05) is 20.0 Å². The molecule has 0 aromatic carbocycles. The third kappa shape index (κ3) is 2.64. The molecule has 0 spiro atoms. The number of thiophene rings is 1. The van der Waals surface area contributed by atoms with Crippen LogP contribution in [0.2, 0.25) is 0 Å². The highest BCUT2D eigenvalue weighted by Crippen LogP contribution is 2.49. The Morgan fingerprint density at radius 1 is 1.57 bits per heavy atom. The Morgan fingerprint density at radius 2 is 2.39 bits per heavy atom. The standard InChI is InChI=1S/C16H19N3O2S2/c1-4-10-5-11(6-20-2)21-16(10,8-17)14-13-12(7-23-14)15(22-3)19-9-18-13/h7,9-11H,4-6H2,1-3H3. The molecule has 0 saturated carbocycles. The predicted molar refractivity (Wildman–Crippen MR) is 91.6 cm³/mol. The second kappa shape index (κ2) is 6.73. The zero-order valence-electron chi connectivity index (χ0n) is 13.4. The van der Waals surface area contributed by atoms with E-state index in [-0.39, 0.29) is 12.0 Å². The highest BCUT2D eigenvalue weighted by molar-refractivity contribution is 7.98. The van der Waals surface area contributed by atoms with E-state index < -0.39 is 5.60 Å².